The highest BCUT2D eigenvalue weighted by Crippen LogP contribution is 2.33. The summed E-state index contributed by atoms with van der Waals surface area (Å²) in [7, 11) is 1.74. The van der Waals surface area contributed by atoms with E-state index in [0.29, 0.717) is 15.9 Å². The van der Waals surface area contributed by atoms with E-state index in [2.05, 4.69) is 34.3 Å². The second kappa shape index (κ2) is 9.80. The maximum Gasteiger partial charge on any atom is 0.266 e. The predicted molar refractivity (Wildman–Crippen MR) is 131 cm³/mol. The molecule has 2 heterocycles. The third kappa shape index (κ3) is 5.07. The average Bonchev–Trinajstić information content (AvgIpc) is 3.08. The number of amidine groups is 1. The van der Waals surface area contributed by atoms with Gasteiger partial charge in [0.2, 0.25) is 0 Å². The maximum absolute atomic E-state index is 12.8. The monoisotopic (exact) mass is 444 g/mol. The van der Waals surface area contributed by atoms with Crippen molar-refractivity contribution in [3.63, 3.8) is 0 Å². The number of nitrogens with zero attached hydrogens (tertiary/aromatic N) is 3. The van der Waals surface area contributed by atoms with Gasteiger partial charge < -0.3 is 10.4 Å². The number of pyridine rings is 1. The summed E-state index contributed by atoms with van der Waals surface area (Å²) in [6.07, 6.45) is 4.54. The highest BCUT2D eigenvalue weighted by atomic mass is 32.2. The van der Waals surface area contributed by atoms with Crippen molar-refractivity contribution < 1.29 is 9.90 Å². The number of aliphatic hydroxyl groups is 1. The minimum atomic E-state index is -0.0788. The molecule has 1 amide bonds. The molecule has 0 saturated carbocycles. The van der Waals surface area contributed by atoms with Gasteiger partial charge in [-0.2, -0.15) is 0 Å². The normalized spacial score (nSPS) is 16.2. The summed E-state index contributed by atoms with van der Waals surface area (Å²) in [6, 6.07) is 19.3. The fourth-order valence-electron chi connectivity index (χ4n) is 3.17. The molecular formula is C25H24N4O2S. The van der Waals surface area contributed by atoms with Gasteiger partial charge >= 0.3 is 0 Å². The quantitative estimate of drug-likeness (QED) is 0.517. The van der Waals surface area contributed by atoms with Crippen LogP contribution in [0.25, 0.3) is 6.08 Å². The second-order valence-electron chi connectivity index (χ2n) is 7.34. The van der Waals surface area contributed by atoms with E-state index in [9.17, 15) is 9.90 Å². The molecule has 0 spiro atoms. The maximum atomic E-state index is 12.8. The number of hydrogen-bond acceptors (Lipinski definition) is 6. The third-order valence-electron chi connectivity index (χ3n) is 5.06. The lowest BCUT2D eigenvalue weighted by atomic mass is 10.2. The van der Waals surface area contributed by atoms with Crippen LogP contribution in [0.3, 0.4) is 0 Å². The predicted octanol–water partition coefficient (Wildman–Crippen LogP) is 5.11. The summed E-state index contributed by atoms with van der Waals surface area (Å²) >= 11 is 1.36. The van der Waals surface area contributed by atoms with Gasteiger partial charge in [0.25, 0.3) is 5.91 Å². The summed E-state index contributed by atoms with van der Waals surface area (Å²) in [5.41, 5.74) is 4.67. The van der Waals surface area contributed by atoms with Gasteiger partial charge in [-0.15, -0.1) is 0 Å². The Morgan fingerprint density at radius 3 is 2.50 bits per heavy atom. The van der Waals surface area contributed by atoms with Crippen LogP contribution in [0.5, 0.6) is 0 Å². The van der Waals surface area contributed by atoms with Crippen molar-refractivity contribution in [3.8, 4) is 0 Å². The molecule has 0 bridgehead atoms. The molecule has 7 heteroatoms. The molecular weight excluding hydrogens is 420 g/mol. The topological polar surface area (TPSA) is 77.8 Å². The van der Waals surface area contributed by atoms with E-state index in [1.54, 1.807) is 18.1 Å². The lowest BCUT2D eigenvalue weighted by Gasteiger charge is -2.07. The zero-order chi connectivity index (χ0) is 22.5. The number of carbonyl (C=O) groups is 1. The number of benzene rings is 2. The molecule has 6 nitrogen and oxygen atoms in total. The Kier molecular flexibility index (Phi) is 6.68. The van der Waals surface area contributed by atoms with Crippen molar-refractivity contribution in [1.29, 1.82) is 0 Å². The Hall–Kier alpha value is -3.42. The zero-order valence-electron chi connectivity index (χ0n) is 17.9. The van der Waals surface area contributed by atoms with E-state index in [1.807, 2.05) is 54.6 Å². The van der Waals surface area contributed by atoms with Crippen LogP contribution in [-0.2, 0) is 17.8 Å². The number of aromatic nitrogens is 1. The fraction of sp³-hybridized carbons (Fsp3) is 0.160. The standard InChI is InChI=1S/C25H24N4O2S/c1-3-17-4-8-21(9-5-17)28-25-29(2)24(31)22(32-25)14-19-12-13-26-23(15-19)27-20-10-6-18(16-30)7-11-20/h4-15,30H,3,16H2,1-2H3,(H,26,27)/b22-14-,28-25?. The Balaban J connectivity index is 1.52. The molecule has 0 unspecified atom stereocenters. The Bertz CT molecular complexity index is 1170. The van der Waals surface area contributed by atoms with Gasteiger partial charge in [0, 0.05) is 18.9 Å². The number of aliphatic hydroxyl groups excluding tert-OH is 1. The van der Waals surface area contributed by atoms with E-state index in [1.165, 1.54) is 17.3 Å². The van der Waals surface area contributed by atoms with Gasteiger partial charge in [-0.3, -0.25) is 9.69 Å². The van der Waals surface area contributed by atoms with Crippen LogP contribution < -0.4 is 5.32 Å². The number of aliphatic imine (C=N–C) groups is 1. The summed E-state index contributed by atoms with van der Waals surface area (Å²) in [6.45, 7) is 2.13. The molecule has 2 N–H and O–H groups in total. The number of carbonyl (C=O) groups excluding carboxylic acids is 1. The van der Waals surface area contributed by atoms with Crippen molar-refractivity contribution >= 4 is 46.1 Å². The van der Waals surface area contributed by atoms with Gasteiger partial charge in [0.15, 0.2) is 5.17 Å². The summed E-state index contributed by atoms with van der Waals surface area (Å²) in [5, 5.41) is 13.1. The summed E-state index contributed by atoms with van der Waals surface area (Å²) < 4.78 is 0. The van der Waals surface area contributed by atoms with Crippen LogP contribution in [0.2, 0.25) is 0 Å². The Morgan fingerprint density at radius 1 is 1.09 bits per heavy atom. The van der Waals surface area contributed by atoms with Crippen LogP contribution >= 0.6 is 11.8 Å². The molecule has 1 saturated heterocycles. The smallest absolute Gasteiger partial charge is 0.266 e. The molecule has 1 aromatic heterocycles. The first kappa shape index (κ1) is 21.8. The molecule has 2 aromatic carbocycles. The number of nitrogens with one attached hydrogen (secondary N) is 1. The fourth-order valence-corrected chi connectivity index (χ4v) is 4.15. The van der Waals surface area contributed by atoms with Gasteiger partial charge in [0.1, 0.15) is 5.82 Å². The van der Waals surface area contributed by atoms with Crippen LogP contribution in [0.15, 0.2) is 76.8 Å². The second-order valence-corrected chi connectivity index (χ2v) is 8.35. The van der Waals surface area contributed by atoms with Crippen molar-refractivity contribution in [2.75, 3.05) is 12.4 Å². The van der Waals surface area contributed by atoms with E-state index in [0.717, 1.165) is 28.9 Å². The first-order valence-corrected chi connectivity index (χ1v) is 11.2. The van der Waals surface area contributed by atoms with Crippen LogP contribution in [0.4, 0.5) is 17.2 Å². The number of amides is 1. The summed E-state index contributed by atoms with van der Waals surface area (Å²) in [4.78, 5) is 23.9. The minimum absolute atomic E-state index is 0.0110. The lowest BCUT2D eigenvalue weighted by Crippen LogP contribution is -2.23. The molecule has 0 radical (unpaired) electrons. The molecule has 1 fully saturated rings. The lowest BCUT2D eigenvalue weighted by molar-refractivity contribution is -0.121. The first-order valence-electron chi connectivity index (χ1n) is 10.3. The molecule has 162 valence electrons. The van der Waals surface area contributed by atoms with Crippen LogP contribution in [0.1, 0.15) is 23.6 Å². The number of anilines is 2. The number of likely N-dealkylation sites (N-methyl/N-ethyl adjacent to an activating group) is 1. The van der Waals surface area contributed by atoms with E-state index in [4.69, 9.17) is 0 Å². The average molecular weight is 445 g/mol. The first-order chi connectivity index (χ1) is 15.6. The van der Waals surface area contributed by atoms with E-state index < -0.39 is 0 Å². The largest absolute Gasteiger partial charge is 0.392 e. The zero-order valence-corrected chi connectivity index (χ0v) is 18.8. The van der Waals surface area contributed by atoms with E-state index >= 15 is 0 Å². The Morgan fingerprint density at radius 2 is 1.81 bits per heavy atom. The molecule has 1 aliphatic rings. The van der Waals surface area contributed by atoms with Gasteiger partial charge in [-0.25, -0.2) is 9.98 Å². The molecule has 4 rings (SSSR count). The molecule has 0 atom stereocenters. The van der Waals surface area contributed by atoms with Crippen molar-refractivity contribution in [3.05, 3.63) is 88.5 Å². The minimum Gasteiger partial charge on any atom is -0.392 e. The number of hydrogen-bond donors (Lipinski definition) is 2. The number of aryl methyl sites for hydroxylation is 1. The highest BCUT2D eigenvalue weighted by Gasteiger charge is 2.30. The van der Waals surface area contributed by atoms with Gasteiger partial charge in [0.05, 0.1) is 17.2 Å². The number of rotatable bonds is 6. The molecule has 0 aliphatic carbocycles. The molecule has 32 heavy (non-hydrogen) atoms. The van der Waals surface area contributed by atoms with Crippen LogP contribution in [-0.4, -0.2) is 33.1 Å². The van der Waals surface area contributed by atoms with Gasteiger partial charge in [-0.1, -0.05) is 31.2 Å². The SMILES string of the molecule is CCc1ccc(N=C2S/C(=C\c3ccnc(Nc4ccc(CO)cc4)c3)C(=O)N2C)cc1. The van der Waals surface area contributed by atoms with Crippen LogP contribution in [0, 0.1) is 0 Å². The highest BCUT2D eigenvalue weighted by molar-refractivity contribution is 8.18. The van der Waals surface area contributed by atoms with E-state index in [-0.39, 0.29) is 12.5 Å². The van der Waals surface area contributed by atoms with Crippen molar-refractivity contribution in [2.45, 2.75) is 20.0 Å². The third-order valence-corrected chi connectivity index (χ3v) is 6.12. The Labute approximate surface area is 191 Å². The molecule has 3 aromatic rings. The molecule has 1 aliphatic heterocycles. The summed E-state index contributed by atoms with van der Waals surface area (Å²) in [5.74, 6) is 0.592. The van der Waals surface area contributed by atoms with Crippen molar-refractivity contribution in [1.82, 2.24) is 9.88 Å². The van der Waals surface area contributed by atoms with Gasteiger partial charge in [-0.05, 0) is 77.3 Å². The number of thioether (sulfide) groups is 1. The van der Waals surface area contributed by atoms with Crippen molar-refractivity contribution in [2.24, 2.45) is 4.99 Å².